The minimum absolute atomic E-state index is 0.186. The SMILES string of the molecule is CCn1cc(S(=O)(=O)N2CCN(C(=O)c3cc(-c4ccc5c(c4)OCO5)n[nH]3)CC2)c(C)n1. The van der Waals surface area contributed by atoms with Crippen molar-refractivity contribution in [1.82, 2.24) is 29.2 Å². The maximum absolute atomic E-state index is 13.1. The van der Waals surface area contributed by atoms with Gasteiger partial charge < -0.3 is 14.4 Å². The Kier molecular flexibility index (Phi) is 5.33. The average Bonchev–Trinajstić information content (AvgIpc) is 3.57. The summed E-state index contributed by atoms with van der Waals surface area (Å²) in [6.45, 7) is 5.38. The van der Waals surface area contributed by atoms with E-state index in [1.165, 1.54) is 4.31 Å². The number of hydrogen-bond acceptors (Lipinski definition) is 7. The van der Waals surface area contributed by atoms with E-state index in [0.29, 0.717) is 35.1 Å². The molecule has 1 N–H and O–H groups in total. The van der Waals surface area contributed by atoms with Crippen LogP contribution in [0.15, 0.2) is 35.4 Å². The summed E-state index contributed by atoms with van der Waals surface area (Å²) in [5.74, 6) is 1.09. The number of aromatic nitrogens is 4. The van der Waals surface area contributed by atoms with Crippen molar-refractivity contribution in [2.24, 2.45) is 0 Å². The second-order valence-electron chi connectivity index (χ2n) is 7.87. The zero-order valence-corrected chi connectivity index (χ0v) is 19.1. The van der Waals surface area contributed by atoms with Gasteiger partial charge in [-0.2, -0.15) is 14.5 Å². The summed E-state index contributed by atoms with van der Waals surface area (Å²) in [5, 5.41) is 11.3. The monoisotopic (exact) mass is 472 g/mol. The van der Waals surface area contributed by atoms with Crippen LogP contribution in [0, 0.1) is 6.92 Å². The maximum Gasteiger partial charge on any atom is 0.271 e. The second kappa shape index (κ2) is 8.19. The number of amides is 1. The predicted octanol–water partition coefficient (Wildman–Crippen LogP) is 1.48. The highest BCUT2D eigenvalue weighted by molar-refractivity contribution is 7.89. The Morgan fingerprint density at radius 3 is 2.61 bits per heavy atom. The average molecular weight is 473 g/mol. The normalized spacial score (nSPS) is 16.4. The highest BCUT2D eigenvalue weighted by Gasteiger charge is 2.33. The minimum atomic E-state index is -3.66. The van der Waals surface area contributed by atoms with Gasteiger partial charge in [0, 0.05) is 44.5 Å². The number of H-pyrrole nitrogens is 1. The first-order valence-corrected chi connectivity index (χ1v) is 12.1. The summed E-state index contributed by atoms with van der Waals surface area (Å²) >= 11 is 0. The van der Waals surface area contributed by atoms with Gasteiger partial charge in [0.05, 0.1) is 11.4 Å². The fourth-order valence-corrected chi connectivity index (χ4v) is 5.58. The van der Waals surface area contributed by atoms with Crippen LogP contribution in [0.3, 0.4) is 0 Å². The molecule has 1 aromatic carbocycles. The van der Waals surface area contributed by atoms with E-state index in [2.05, 4.69) is 15.3 Å². The van der Waals surface area contributed by atoms with Crippen LogP contribution < -0.4 is 9.47 Å². The van der Waals surface area contributed by atoms with Crippen molar-refractivity contribution < 1.29 is 22.7 Å². The fourth-order valence-electron chi connectivity index (χ4n) is 3.99. The lowest BCUT2D eigenvalue weighted by Gasteiger charge is -2.33. The Morgan fingerprint density at radius 2 is 1.88 bits per heavy atom. The largest absolute Gasteiger partial charge is 0.454 e. The van der Waals surface area contributed by atoms with Crippen molar-refractivity contribution in [2.75, 3.05) is 33.0 Å². The molecule has 2 aliphatic rings. The van der Waals surface area contributed by atoms with Gasteiger partial charge in [0.2, 0.25) is 16.8 Å². The lowest BCUT2D eigenvalue weighted by molar-refractivity contribution is 0.0692. The van der Waals surface area contributed by atoms with Crippen LogP contribution in [0.5, 0.6) is 11.5 Å². The first-order valence-electron chi connectivity index (χ1n) is 10.7. The van der Waals surface area contributed by atoms with Crippen LogP contribution in [0.4, 0.5) is 0 Å². The Balaban J connectivity index is 1.26. The van der Waals surface area contributed by atoms with E-state index in [4.69, 9.17) is 9.47 Å². The predicted molar refractivity (Wildman–Crippen MR) is 117 cm³/mol. The Bertz CT molecular complexity index is 1310. The molecule has 2 aromatic heterocycles. The third-order valence-electron chi connectivity index (χ3n) is 5.85. The molecule has 0 aliphatic carbocycles. The summed E-state index contributed by atoms with van der Waals surface area (Å²) in [6, 6.07) is 7.16. The summed E-state index contributed by atoms with van der Waals surface area (Å²) in [6.07, 6.45) is 1.56. The van der Waals surface area contributed by atoms with Gasteiger partial charge in [0.15, 0.2) is 11.5 Å². The zero-order valence-electron chi connectivity index (χ0n) is 18.3. The molecule has 0 atom stereocenters. The summed E-state index contributed by atoms with van der Waals surface area (Å²) in [5.41, 5.74) is 2.23. The molecule has 0 bridgehead atoms. The molecule has 33 heavy (non-hydrogen) atoms. The molecule has 0 spiro atoms. The molecule has 0 radical (unpaired) electrons. The van der Waals surface area contributed by atoms with Gasteiger partial charge in [-0.1, -0.05) is 0 Å². The second-order valence-corrected chi connectivity index (χ2v) is 9.77. The number of benzene rings is 1. The van der Waals surface area contributed by atoms with E-state index in [1.54, 1.807) is 34.8 Å². The number of fused-ring (bicyclic) bond motifs is 1. The molecule has 12 heteroatoms. The molecule has 174 valence electrons. The van der Waals surface area contributed by atoms with Gasteiger partial charge in [-0.3, -0.25) is 14.6 Å². The number of rotatable bonds is 5. The number of ether oxygens (including phenoxy) is 2. The van der Waals surface area contributed by atoms with Crippen LogP contribution >= 0.6 is 0 Å². The van der Waals surface area contributed by atoms with Crippen molar-refractivity contribution in [1.29, 1.82) is 0 Å². The van der Waals surface area contributed by atoms with Crippen molar-refractivity contribution in [3.8, 4) is 22.8 Å². The number of carbonyl (C=O) groups is 1. The first-order chi connectivity index (χ1) is 15.9. The van der Waals surface area contributed by atoms with Gasteiger partial charge in [0.25, 0.3) is 5.91 Å². The Labute approximate surface area is 190 Å². The molecule has 3 aromatic rings. The molecule has 5 rings (SSSR count). The van der Waals surface area contributed by atoms with Gasteiger partial charge in [0.1, 0.15) is 10.6 Å². The first kappa shape index (κ1) is 21.5. The molecule has 0 unspecified atom stereocenters. The number of aromatic amines is 1. The molecule has 0 saturated carbocycles. The lowest BCUT2D eigenvalue weighted by Crippen LogP contribution is -2.50. The molecule has 11 nitrogen and oxygen atoms in total. The van der Waals surface area contributed by atoms with E-state index in [1.807, 2.05) is 19.1 Å². The topological polar surface area (TPSA) is 123 Å². The molecular weight excluding hydrogens is 448 g/mol. The van der Waals surface area contributed by atoms with Crippen LogP contribution in [0.25, 0.3) is 11.3 Å². The van der Waals surface area contributed by atoms with Gasteiger partial charge >= 0.3 is 0 Å². The number of carbonyl (C=O) groups excluding carboxylic acids is 1. The highest BCUT2D eigenvalue weighted by atomic mass is 32.2. The number of nitrogens with one attached hydrogen (secondary N) is 1. The number of nitrogens with zero attached hydrogens (tertiary/aromatic N) is 5. The quantitative estimate of drug-likeness (QED) is 0.597. The molecular formula is C21H24N6O5S. The van der Waals surface area contributed by atoms with E-state index in [-0.39, 0.29) is 43.8 Å². The molecule has 4 heterocycles. The summed E-state index contributed by atoms with van der Waals surface area (Å²) in [7, 11) is -3.66. The molecule has 1 saturated heterocycles. The van der Waals surface area contributed by atoms with Crippen LogP contribution in [-0.4, -0.2) is 76.5 Å². The van der Waals surface area contributed by atoms with Crippen molar-refractivity contribution >= 4 is 15.9 Å². The lowest BCUT2D eigenvalue weighted by atomic mass is 10.1. The van der Waals surface area contributed by atoms with E-state index < -0.39 is 10.0 Å². The van der Waals surface area contributed by atoms with Gasteiger partial charge in [-0.05, 0) is 38.1 Å². The summed E-state index contributed by atoms with van der Waals surface area (Å²) < 4.78 is 39.9. The number of sulfonamides is 1. The van der Waals surface area contributed by atoms with Crippen molar-refractivity contribution in [3.63, 3.8) is 0 Å². The number of aryl methyl sites for hydroxylation is 2. The highest BCUT2D eigenvalue weighted by Crippen LogP contribution is 2.35. The minimum Gasteiger partial charge on any atom is -0.454 e. The van der Waals surface area contributed by atoms with E-state index in [0.717, 1.165) is 5.56 Å². The van der Waals surface area contributed by atoms with Gasteiger partial charge in [-0.25, -0.2) is 8.42 Å². The van der Waals surface area contributed by atoms with E-state index >= 15 is 0 Å². The van der Waals surface area contributed by atoms with Crippen molar-refractivity contribution in [2.45, 2.75) is 25.3 Å². The number of piperazine rings is 1. The van der Waals surface area contributed by atoms with Gasteiger partial charge in [-0.15, -0.1) is 0 Å². The maximum atomic E-state index is 13.1. The van der Waals surface area contributed by atoms with E-state index in [9.17, 15) is 13.2 Å². The van der Waals surface area contributed by atoms with Crippen LogP contribution in [0.2, 0.25) is 0 Å². The van der Waals surface area contributed by atoms with Crippen molar-refractivity contribution in [3.05, 3.63) is 41.9 Å². The Morgan fingerprint density at radius 1 is 1.12 bits per heavy atom. The zero-order chi connectivity index (χ0) is 23.2. The standard InChI is InChI=1S/C21H24N6O5S/c1-3-26-12-20(14(2)24-26)33(29,30)27-8-6-25(7-9-27)21(28)17-11-16(22-23-17)15-4-5-18-19(10-15)32-13-31-18/h4-5,10-12H,3,6-9,13H2,1-2H3,(H,22,23). The van der Waals surface area contributed by atoms with Crippen LogP contribution in [-0.2, 0) is 16.6 Å². The molecule has 2 aliphatic heterocycles. The fraction of sp³-hybridized carbons (Fsp3) is 0.381. The number of hydrogen-bond donors (Lipinski definition) is 1. The third-order valence-corrected chi connectivity index (χ3v) is 7.85. The third kappa shape index (κ3) is 3.85. The molecule has 1 amide bonds. The Hall–Kier alpha value is -3.38. The smallest absolute Gasteiger partial charge is 0.271 e. The molecule has 1 fully saturated rings. The summed E-state index contributed by atoms with van der Waals surface area (Å²) in [4.78, 5) is 14.8. The van der Waals surface area contributed by atoms with Crippen LogP contribution in [0.1, 0.15) is 23.1 Å².